The van der Waals surface area contributed by atoms with Gasteiger partial charge in [0, 0.05) is 17.8 Å². The van der Waals surface area contributed by atoms with Gasteiger partial charge in [0.2, 0.25) is 0 Å². The highest BCUT2D eigenvalue weighted by Gasteiger charge is 2.15. The maximum absolute atomic E-state index is 11.0. The molecule has 0 radical (unpaired) electrons. The van der Waals surface area contributed by atoms with E-state index in [0.717, 1.165) is 5.56 Å². The molecule has 0 aliphatic rings. The lowest BCUT2D eigenvalue weighted by molar-refractivity contribution is -0.384. The highest BCUT2D eigenvalue weighted by Crippen LogP contribution is 2.24. The van der Waals surface area contributed by atoms with Crippen LogP contribution in [0, 0.1) is 10.1 Å². The van der Waals surface area contributed by atoms with Crippen molar-refractivity contribution in [2.75, 3.05) is 5.32 Å². The van der Waals surface area contributed by atoms with E-state index in [1.807, 2.05) is 30.3 Å². The molecule has 0 heterocycles. The van der Waals surface area contributed by atoms with Crippen molar-refractivity contribution in [3.05, 3.63) is 70.3 Å². The average molecular weight is 286 g/mol. The number of nitrogens with zero attached hydrogens (tertiary/aromatic N) is 1. The first-order chi connectivity index (χ1) is 10.1. The van der Waals surface area contributed by atoms with Crippen LogP contribution in [0.4, 0.5) is 11.4 Å². The smallest absolute Gasteiger partial charge is 0.305 e. The molecule has 0 saturated carbocycles. The summed E-state index contributed by atoms with van der Waals surface area (Å²) in [5.41, 5.74) is 1.48. The summed E-state index contributed by atoms with van der Waals surface area (Å²) in [6, 6.07) is 14.7. The first-order valence-corrected chi connectivity index (χ1v) is 6.34. The summed E-state index contributed by atoms with van der Waals surface area (Å²) in [4.78, 5) is 21.1. The highest BCUT2D eigenvalue weighted by molar-refractivity contribution is 5.69. The minimum absolute atomic E-state index is 0.00459. The van der Waals surface area contributed by atoms with Crippen LogP contribution in [0.3, 0.4) is 0 Å². The molecule has 0 spiro atoms. The van der Waals surface area contributed by atoms with Crippen molar-refractivity contribution in [3.63, 3.8) is 0 Å². The Morgan fingerprint density at radius 1 is 1.14 bits per heavy atom. The van der Waals surface area contributed by atoms with Crippen molar-refractivity contribution in [1.29, 1.82) is 0 Å². The Hall–Kier alpha value is -2.89. The Morgan fingerprint density at radius 3 is 2.29 bits per heavy atom. The van der Waals surface area contributed by atoms with Crippen LogP contribution in [0.15, 0.2) is 54.6 Å². The molecule has 0 aliphatic carbocycles. The van der Waals surface area contributed by atoms with Crippen molar-refractivity contribution < 1.29 is 14.8 Å². The largest absolute Gasteiger partial charge is 0.481 e. The first kappa shape index (κ1) is 14.5. The number of aliphatic carboxylic acids is 1. The number of nitro groups is 1. The number of nitro benzene ring substituents is 1. The molecule has 6 heteroatoms. The molecule has 2 N–H and O–H groups in total. The predicted octanol–water partition coefficient (Wildman–Crippen LogP) is 3.22. The van der Waals surface area contributed by atoms with Crippen LogP contribution in [0.25, 0.3) is 0 Å². The molecule has 0 saturated heterocycles. The Kier molecular flexibility index (Phi) is 4.50. The van der Waals surface area contributed by atoms with Gasteiger partial charge in [0.05, 0.1) is 17.4 Å². The lowest BCUT2D eigenvalue weighted by atomic mass is 10.0. The Morgan fingerprint density at radius 2 is 1.76 bits per heavy atom. The number of rotatable bonds is 6. The van der Waals surface area contributed by atoms with Gasteiger partial charge in [-0.25, -0.2) is 0 Å². The maximum atomic E-state index is 11.0. The van der Waals surface area contributed by atoms with E-state index in [-0.39, 0.29) is 12.1 Å². The van der Waals surface area contributed by atoms with Crippen LogP contribution >= 0.6 is 0 Å². The summed E-state index contributed by atoms with van der Waals surface area (Å²) in [5.74, 6) is -0.918. The van der Waals surface area contributed by atoms with Gasteiger partial charge in [-0.1, -0.05) is 30.3 Å². The van der Waals surface area contributed by atoms with Crippen LogP contribution in [-0.2, 0) is 4.79 Å². The van der Waals surface area contributed by atoms with Gasteiger partial charge >= 0.3 is 5.97 Å². The second kappa shape index (κ2) is 6.51. The van der Waals surface area contributed by atoms with Gasteiger partial charge < -0.3 is 10.4 Å². The maximum Gasteiger partial charge on any atom is 0.305 e. The van der Waals surface area contributed by atoms with Gasteiger partial charge in [-0.05, 0) is 17.7 Å². The third kappa shape index (κ3) is 4.04. The third-order valence-corrected chi connectivity index (χ3v) is 3.00. The molecule has 2 aromatic rings. The van der Waals surface area contributed by atoms with Gasteiger partial charge in [-0.15, -0.1) is 0 Å². The topological polar surface area (TPSA) is 92.5 Å². The summed E-state index contributed by atoms with van der Waals surface area (Å²) >= 11 is 0. The molecule has 0 bridgehead atoms. The normalized spacial score (nSPS) is 11.6. The molecular weight excluding hydrogens is 272 g/mol. The molecule has 108 valence electrons. The van der Waals surface area contributed by atoms with Gasteiger partial charge in [0.15, 0.2) is 0 Å². The quantitative estimate of drug-likeness (QED) is 0.628. The molecule has 0 fully saturated rings. The summed E-state index contributed by atoms with van der Waals surface area (Å²) in [5, 5.41) is 22.7. The van der Waals surface area contributed by atoms with Crippen LogP contribution in [-0.4, -0.2) is 16.0 Å². The molecule has 0 aliphatic heterocycles. The number of anilines is 1. The van der Waals surface area contributed by atoms with E-state index in [0.29, 0.717) is 5.69 Å². The molecule has 1 atom stereocenters. The number of carboxylic acids is 1. The van der Waals surface area contributed by atoms with Crippen LogP contribution < -0.4 is 5.32 Å². The molecule has 0 aromatic heterocycles. The molecule has 0 amide bonds. The third-order valence-electron chi connectivity index (χ3n) is 3.00. The number of benzene rings is 2. The SMILES string of the molecule is O=C(O)C[C@H](Nc1ccc([N+](=O)[O-])cc1)c1ccccc1. The van der Waals surface area contributed by atoms with E-state index in [9.17, 15) is 14.9 Å². The fourth-order valence-electron chi connectivity index (χ4n) is 1.99. The second-order valence-electron chi connectivity index (χ2n) is 4.51. The van der Waals surface area contributed by atoms with Crippen molar-refractivity contribution in [2.45, 2.75) is 12.5 Å². The van der Waals surface area contributed by atoms with Crippen molar-refractivity contribution in [2.24, 2.45) is 0 Å². The number of hydrogen-bond donors (Lipinski definition) is 2. The van der Waals surface area contributed by atoms with Crippen LogP contribution in [0.5, 0.6) is 0 Å². The van der Waals surface area contributed by atoms with E-state index in [1.165, 1.54) is 12.1 Å². The van der Waals surface area contributed by atoms with Gasteiger partial charge in [-0.3, -0.25) is 14.9 Å². The minimum Gasteiger partial charge on any atom is -0.481 e. The van der Waals surface area contributed by atoms with Crippen LogP contribution in [0.2, 0.25) is 0 Å². The molecular formula is C15H14N2O4. The number of hydrogen-bond acceptors (Lipinski definition) is 4. The van der Waals surface area contributed by atoms with Gasteiger partial charge in [0.1, 0.15) is 0 Å². The fourth-order valence-corrected chi connectivity index (χ4v) is 1.99. The van der Waals surface area contributed by atoms with Crippen LogP contribution in [0.1, 0.15) is 18.0 Å². The van der Waals surface area contributed by atoms with Crippen molar-refractivity contribution >= 4 is 17.3 Å². The molecule has 0 unspecified atom stereocenters. The number of nitrogens with one attached hydrogen (secondary N) is 1. The summed E-state index contributed by atoms with van der Waals surface area (Å²) in [7, 11) is 0. The van der Waals surface area contributed by atoms with Gasteiger partial charge in [-0.2, -0.15) is 0 Å². The predicted molar refractivity (Wildman–Crippen MR) is 78.2 cm³/mol. The number of carbonyl (C=O) groups is 1. The number of carboxylic acid groups (broad SMARTS) is 1. The zero-order valence-corrected chi connectivity index (χ0v) is 11.1. The zero-order chi connectivity index (χ0) is 15.2. The highest BCUT2D eigenvalue weighted by atomic mass is 16.6. The lowest BCUT2D eigenvalue weighted by Gasteiger charge is -2.18. The molecule has 21 heavy (non-hydrogen) atoms. The molecule has 6 nitrogen and oxygen atoms in total. The minimum atomic E-state index is -0.918. The monoisotopic (exact) mass is 286 g/mol. The Bertz CT molecular complexity index is 626. The summed E-state index contributed by atoms with van der Waals surface area (Å²) in [6.45, 7) is 0. The lowest BCUT2D eigenvalue weighted by Crippen LogP contribution is -2.15. The first-order valence-electron chi connectivity index (χ1n) is 6.34. The zero-order valence-electron chi connectivity index (χ0n) is 11.1. The summed E-state index contributed by atoms with van der Waals surface area (Å²) < 4.78 is 0. The Labute approximate surface area is 121 Å². The summed E-state index contributed by atoms with van der Waals surface area (Å²) in [6.07, 6.45) is -0.0823. The van der Waals surface area contributed by atoms with E-state index in [2.05, 4.69) is 5.32 Å². The van der Waals surface area contributed by atoms with Gasteiger partial charge in [0.25, 0.3) is 5.69 Å². The van der Waals surface area contributed by atoms with Crippen molar-refractivity contribution in [3.8, 4) is 0 Å². The Balaban J connectivity index is 2.18. The van der Waals surface area contributed by atoms with Crippen molar-refractivity contribution in [1.82, 2.24) is 0 Å². The standard InChI is InChI=1S/C15H14N2O4/c18-15(19)10-14(11-4-2-1-3-5-11)16-12-6-8-13(9-7-12)17(20)21/h1-9,14,16H,10H2,(H,18,19)/t14-/m0/s1. The fraction of sp³-hybridized carbons (Fsp3) is 0.133. The van der Waals surface area contributed by atoms with E-state index < -0.39 is 16.9 Å². The van der Waals surface area contributed by atoms with E-state index in [4.69, 9.17) is 5.11 Å². The number of non-ortho nitro benzene ring substituents is 1. The second-order valence-corrected chi connectivity index (χ2v) is 4.51. The molecule has 2 aromatic carbocycles. The molecule has 2 rings (SSSR count). The average Bonchev–Trinajstić information content (AvgIpc) is 2.47. The van der Waals surface area contributed by atoms with E-state index >= 15 is 0 Å². The van der Waals surface area contributed by atoms with E-state index in [1.54, 1.807) is 12.1 Å².